The summed E-state index contributed by atoms with van der Waals surface area (Å²) in [5, 5.41) is 4.12. The van der Waals surface area contributed by atoms with E-state index in [2.05, 4.69) is 28.9 Å². The first kappa shape index (κ1) is 11.6. The molecule has 0 amide bonds. The highest BCUT2D eigenvalue weighted by atomic mass is 15.3. The SMILES string of the molecule is CC(C)c1nc2ncnn2c(N)c1-c1ccccc1. The molecule has 1 aromatic carbocycles. The molecule has 0 aliphatic carbocycles. The number of benzene rings is 1. The van der Waals surface area contributed by atoms with Crippen molar-refractivity contribution in [3.63, 3.8) is 0 Å². The molecule has 0 radical (unpaired) electrons. The van der Waals surface area contributed by atoms with Crippen LogP contribution in [0.5, 0.6) is 0 Å². The molecular weight excluding hydrogens is 238 g/mol. The Morgan fingerprint density at radius 3 is 2.58 bits per heavy atom. The molecule has 0 aliphatic rings. The van der Waals surface area contributed by atoms with Gasteiger partial charge in [-0.15, -0.1) is 0 Å². The number of hydrogen-bond donors (Lipinski definition) is 1. The largest absolute Gasteiger partial charge is 0.383 e. The van der Waals surface area contributed by atoms with Crippen molar-refractivity contribution in [1.29, 1.82) is 0 Å². The van der Waals surface area contributed by atoms with E-state index in [0.29, 0.717) is 11.6 Å². The Kier molecular flexibility index (Phi) is 2.67. The molecule has 0 fully saturated rings. The maximum Gasteiger partial charge on any atom is 0.254 e. The van der Waals surface area contributed by atoms with Gasteiger partial charge in [0.05, 0.1) is 5.69 Å². The number of nitrogen functional groups attached to an aromatic ring is 1. The Bertz CT molecular complexity index is 715. The Morgan fingerprint density at radius 1 is 1.16 bits per heavy atom. The molecule has 2 N–H and O–H groups in total. The van der Waals surface area contributed by atoms with Crippen LogP contribution in [0.1, 0.15) is 25.5 Å². The van der Waals surface area contributed by atoms with E-state index in [1.54, 1.807) is 4.52 Å². The van der Waals surface area contributed by atoms with E-state index in [1.165, 1.54) is 6.33 Å². The fourth-order valence-corrected chi connectivity index (χ4v) is 2.20. The second-order valence-electron chi connectivity index (χ2n) is 4.75. The fourth-order valence-electron chi connectivity index (χ4n) is 2.20. The molecule has 0 saturated heterocycles. The summed E-state index contributed by atoms with van der Waals surface area (Å²) in [6.07, 6.45) is 1.47. The third kappa shape index (κ3) is 1.83. The molecule has 0 aliphatic heterocycles. The van der Waals surface area contributed by atoms with Crippen molar-refractivity contribution >= 4 is 11.6 Å². The van der Waals surface area contributed by atoms with Gasteiger partial charge in [-0.3, -0.25) is 0 Å². The third-order valence-corrected chi connectivity index (χ3v) is 3.10. The monoisotopic (exact) mass is 253 g/mol. The summed E-state index contributed by atoms with van der Waals surface area (Å²) in [6.45, 7) is 4.20. The van der Waals surface area contributed by atoms with Crippen molar-refractivity contribution in [1.82, 2.24) is 19.6 Å². The minimum Gasteiger partial charge on any atom is -0.383 e. The van der Waals surface area contributed by atoms with Crippen molar-refractivity contribution in [2.24, 2.45) is 0 Å². The summed E-state index contributed by atoms with van der Waals surface area (Å²) >= 11 is 0. The third-order valence-electron chi connectivity index (χ3n) is 3.10. The zero-order chi connectivity index (χ0) is 13.4. The lowest BCUT2D eigenvalue weighted by Crippen LogP contribution is -2.08. The Balaban J connectivity index is 2.38. The maximum absolute atomic E-state index is 6.25. The topological polar surface area (TPSA) is 69.1 Å². The van der Waals surface area contributed by atoms with Crippen LogP contribution in [0.4, 0.5) is 5.82 Å². The van der Waals surface area contributed by atoms with Crippen LogP contribution in [0.25, 0.3) is 16.9 Å². The Labute approximate surface area is 111 Å². The van der Waals surface area contributed by atoms with Gasteiger partial charge in [-0.2, -0.15) is 14.6 Å². The normalized spacial score (nSPS) is 11.3. The van der Waals surface area contributed by atoms with Crippen LogP contribution >= 0.6 is 0 Å². The number of hydrogen-bond acceptors (Lipinski definition) is 4. The van der Waals surface area contributed by atoms with Crippen molar-refractivity contribution in [2.75, 3.05) is 5.73 Å². The van der Waals surface area contributed by atoms with Gasteiger partial charge in [0.2, 0.25) is 0 Å². The first-order valence-electron chi connectivity index (χ1n) is 6.23. The van der Waals surface area contributed by atoms with E-state index in [4.69, 9.17) is 5.73 Å². The van der Waals surface area contributed by atoms with Gasteiger partial charge in [0.15, 0.2) is 0 Å². The summed E-state index contributed by atoms with van der Waals surface area (Å²) in [4.78, 5) is 8.70. The highest BCUT2D eigenvalue weighted by Crippen LogP contribution is 2.32. The summed E-state index contributed by atoms with van der Waals surface area (Å²) in [6, 6.07) is 10.0. The van der Waals surface area contributed by atoms with Crippen molar-refractivity contribution in [3.05, 3.63) is 42.4 Å². The van der Waals surface area contributed by atoms with Gasteiger partial charge in [-0.25, -0.2) is 4.98 Å². The minimum absolute atomic E-state index is 0.263. The molecule has 19 heavy (non-hydrogen) atoms. The zero-order valence-electron chi connectivity index (χ0n) is 10.9. The molecule has 96 valence electrons. The van der Waals surface area contributed by atoms with Crippen molar-refractivity contribution in [2.45, 2.75) is 19.8 Å². The highest BCUT2D eigenvalue weighted by molar-refractivity contribution is 5.77. The van der Waals surface area contributed by atoms with E-state index in [9.17, 15) is 0 Å². The van der Waals surface area contributed by atoms with Crippen LogP contribution < -0.4 is 5.73 Å². The molecule has 3 aromatic rings. The number of aromatic nitrogens is 4. The van der Waals surface area contributed by atoms with Gasteiger partial charge in [-0.1, -0.05) is 44.2 Å². The van der Waals surface area contributed by atoms with Crippen LogP contribution in [0.15, 0.2) is 36.7 Å². The van der Waals surface area contributed by atoms with Gasteiger partial charge < -0.3 is 5.73 Å². The first-order chi connectivity index (χ1) is 9.18. The molecule has 2 heterocycles. The summed E-state index contributed by atoms with van der Waals surface area (Å²) in [7, 11) is 0. The second kappa shape index (κ2) is 4.35. The lowest BCUT2D eigenvalue weighted by Gasteiger charge is -2.15. The van der Waals surface area contributed by atoms with E-state index in [1.807, 2.05) is 30.3 Å². The van der Waals surface area contributed by atoms with Gasteiger partial charge in [-0.05, 0) is 11.5 Å². The molecular formula is C14H15N5. The molecule has 0 bridgehead atoms. The van der Waals surface area contributed by atoms with Crippen molar-refractivity contribution < 1.29 is 0 Å². The molecule has 5 nitrogen and oxygen atoms in total. The molecule has 0 saturated carbocycles. The first-order valence-corrected chi connectivity index (χ1v) is 6.23. The fraction of sp³-hybridized carbons (Fsp3) is 0.214. The van der Waals surface area contributed by atoms with Gasteiger partial charge in [0, 0.05) is 5.56 Å². The molecule has 3 rings (SSSR count). The van der Waals surface area contributed by atoms with Crippen LogP contribution in [0.3, 0.4) is 0 Å². The van der Waals surface area contributed by atoms with Crippen LogP contribution in [0.2, 0.25) is 0 Å². The Morgan fingerprint density at radius 2 is 1.89 bits per heavy atom. The van der Waals surface area contributed by atoms with Gasteiger partial charge >= 0.3 is 0 Å². The minimum atomic E-state index is 0.263. The standard InChI is InChI=1S/C14H15N5/c1-9(2)12-11(10-6-4-3-5-7-10)13(15)19-14(18-12)16-8-17-19/h3-9H,15H2,1-2H3. The lowest BCUT2D eigenvalue weighted by molar-refractivity contribution is 0.813. The summed E-state index contributed by atoms with van der Waals surface area (Å²) in [5.41, 5.74) is 9.19. The zero-order valence-corrected chi connectivity index (χ0v) is 10.9. The number of fused-ring (bicyclic) bond motifs is 1. The van der Waals surface area contributed by atoms with Gasteiger partial charge in [0.25, 0.3) is 5.78 Å². The summed E-state index contributed by atoms with van der Waals surface area (Å²) < 4.78 is 1.58. The van der Waals surface area contributed by atoms with Crippen LogP contribution in [0, 0.1) is 0 Å². The molecule has 0 atom stereocenters. The number of nitrogens with two attached hydrogens (primary N) is 1. The van der Waals surface area contributed by atoms with Gasteiger partial charge in [0.1, 0.15) is 12.1 Å². The highest BCUT2D eigenvalue weighted by Gasteiger charge is 2.18. The van der Waals surface area contributed by atoms with Crippen LogP contribution in [-0.4, -0.2) is 19.6 Å². The average molecular weight is 253 g/mol. The maximum atomic E-state index is 6.25. The molecule has 5 heteroatoms. The average Bonchev–Trinajstić information content (AvgIpc) is 2.88. The number of rotatable bonds is 2. The quantitative estimate of drug-likeness (QED) is 0.761. The molecule has 0 unspecified atom stereocenters. The second-order valence-corrected chi connectivity index (χ2v) is 4.75. The van der Waals surface area contributed by atoms with Crippen LogP contribution in [-0.2, 0) is 0 Å². The van der Waals surface area contributed by atoms with E-state index in [0.717, 1.165) is 16.8 Å². The number of nitrogens with zero attached hydrogens (tertiary/aromatic N) is 4. The lowest BCUT2D eigenvalue weighted by atomic mass is 9.98. The predicted molar refractivity (Wildman–Crippen MR) is 74.7 cm³/mol. The van der Waals surface area contributed by atoms with E-state index in [-0.39, 0.29) is 5.92 Å². The smallest absolute Gasteiger partial charge is 0.254 e. The summed E-state index contributed by atoms with van der Waals surface area (Å²) in [5.74, 6) is 1.39. The predicted octanol–water partition coefficient (Wildman–Crippen LogP) is 2.50. The molecule has 2 aromatic heterocycles. The Hall–Kier alpha value is -2.43. The van der Waals surface area contributed by atoms with Crippen molar-refractivity contribution in [3.8, 4) is 11.1 Å². The van der Waals surface area contributed by atoms with E-state index < -0.39 is 0 Å². The number of anilines is 1. The van der Waals surface area contributed by atoms with E-state index >= 15 is 0 Å². The molecule has 0 spiro atoms.